The minimum atomic E-state index is -0.188. The first-order valence-corrected chi connectivity index (χ1v) is 11.4. The molecule has 1 aliphatic heterocycles. The fourth-order valence-electron chi connectivity index (χ4n) is 3.97. The predicted octanol–water partition coefficient (Wildman–Crippen LogP) is 5.36. The van der Waals surface area contributed by atoms with Crippen molar-refractivity contribution in [2.45, 2.75) is 32.1 Å². The van der Waals surface area contributed by atoms with Crippen LogP contribution in [0.25, 0.3) is 11.1 Å². The molecule has 2 N–H and O–H groups in total. The Hall–Kier alpha value is -2.70. The monoisotopic (exact) mass is 421 g/mol. The van der Waals surface area contributed by atoms with Gasteiger partial charge in [0, 0.05) is 22.5 Å². The normalized spacial score (nSPS) is 15.2. The standard InChI is InChI=1S/C24H27N3O2S/c1-2-13-27-14-11-18(12-15-27)24-26-22(16-30-24)23(29)25-21-6-4-3-5-20(21)17-7-9-19(28)10-8-17/h3-10,16,18,28H,2,11-15H2,1H3,(H,25,29). The molecule has 1 aliphatic rings. The number of nitrogens with zero attached hydrogens (tertiary/aromatic N) is 2. The lowest BCUT2D eigenvalue weighted by molar-refractivity contribution is 0.102. The molecule has 4 rings (SSSR count). The molecule has 0 bridgehead atoms. The van der Waals surface area contributed by atoms with E-state index in [1.807, 2.05) is 41.8 Å². The predicted molar refractivity (Wildman–Crippen MR) is 122 cm³/mol. The molecule has 1 aromatic heterocycles. The summed E-state index contributed by atoms with van der Waals surface area (Å²) in [6.07, 6.45) is 3.41. The molecule has 0 spiro atoms. The zero-order valence-corrected chi connectivity index (χ0v) is 18.0. The van der Waals surface area contributed by atoms with Gasteiger partial charge in [0.15, 0.2) is 0 Å². The number of carbonyl (C=O) groups is 1. The number of piperidine rings is 1. The second kappa shape index (κ2) is 9.41. The molecule has 2 heterocycles. The van der Waals surface area contributed by atoms with Crippen LogP contribution in [0.15, 0.2) is 53.9 Å². The number of amides is 1. The summed E-state index contributed by atoms with van der Waals surface area (Å²) in [4.78, 5) is 20.1. The van der Waals surface area contributed by atoms with Gasteiger partial charge in [0.05, 0.1) is 5.01 Å². The van der Waals surface area contributed by atoms with Gasteiger partial charge in [-0.3, -0.25) is 4.79 Å². The number of phenols is 1. The van der Waals surface area contributed by atoms with Gasteiger partial charge in [-0.25, -0.2) is 4.98 Å². The number of aromatic hydroxyl groups is 1. The Morgan fingerprint density at radius 3 is 2.63 bits per heavy atom. The number of carbonyl (C=O) groups excluding carboxylic acids is 1. The molecule has 1 amide bonds. The van der Waals surface area contributed by atoms with Crippen LogP contribution in [0.3, 0.4) is 0 Å². The van der Waals surface area contributed by atoms with Crippen LogP contribution in [0.2, 0.25) is 0 Å². The Bertz CT molecular complexity index is 992. The van der Waals surface area contributed by atoms with E-state index in [1.54, 1.807) is 23.5 Å². The molecule has 30 heavy (non-hydrogen) atoms. The van der Waals surface area contributed by atoms with Gasteiger partial charge in [0.2, 0.25) is 0 Å². The fraction of sp³-hybridized carbons (Fsp3) is 0.333. The van der Waals surface area contributed by atoms with E-state index in [0.29, 0.717) is 11.6 Å². The number of anilines is 1. The Morgan fingerprint density at radius 2 is 1.90 bits per heavy atom. The van der Waals surface area contributed by atoms with Crippen molar-refractivity contribution in [2.24, 2.45) is 0 Å². The van der Waals surface area contributed by atoms with E-state index in [-0.39, 0.29) is 11.7 Å². The average Bonchev–Trinajstić information content (AvgIpc) is 3.26. The van der Waals surface area contributed by atoms with Crippen LogP contribution in [-0.4, -0.2) is 40.5 Å². The zero-order valence-electron chi connectivity index (χ0n) is 17.2. The second-order valence-electron chi connectivity index (χ2n) is 7.73. The van der Waals surface area contributed by atoms with Gasteiger partial charge in [-0.1, -0.05) is 37.3 Å². The summed E-state index contributed by atoms with van der Waals surface area (Å²) in [5.41, 5.74) is 3.05. The number of likely N-dealkylation sites (tertiary alicyclic amines) is 1. The summed E-state index contributed by atoms with van der Waals surface area (Å²) in [7, 11) is 0. The Morgan fingerprint density at radius 1 is 1.17 bits per heavy atom. The first-order valence-electron chi connectivity index (χ1n) is 10.5. The van der Waals surface area contributed by atoms with Crippen LogP contribution in [0.4, 0.5) is 5.69 Å². The Kier molecular flexibility index (Phi) is 6.45. The smallest absolute Gasteiger partial charge is 0.275 e. The minimum Gasteiger partial charge on any atom is -0.508 e. The second-order valence-corrected chi connectivity index (χ2v) is 8.62. The summed E-state index contributed by atoms with van der Waals surface area (Å²) < 4.78 is 0. The molecule has 1 saturated heterocycles. The highest BCUT2D eigenvalue weighted by atomic mass is 32.1. The number of hydrogen-bond acceptors (Lipinski definition) is 5. The molecule has 0 radical (unpaired) electrons. The SMILES string of the molecule is CCCN1CCC(c2nc(C(=O)Nc3ccccc3-c3ccc(O)cc3)cs2)CC1. The van der Waals surface area contributed by atoms with Crippen molar-refractivity contribution in [2.75, 3.05) is 25.0 Å². The maximum Gasteiger partial charge on any atom is 0.275 e. The van der Waals surface area contributed by atoms with Crippen LogP contribution in [0.1, 0.15) is 47.6 Å². The third-order valence-electron chi connectivity index (χ3n) is 5.58. The number of hydrogen-bond donors (Lipinski definition) is 2. The average molecular weight is 422 g/mol. The molecule has 5 nitrogen and oxygen atoms in total. The number of aromatic nitrogens is 1. The number of para-hydroxylation sites is 1. The van der Waals surface area contributed by atoms with E-state index < -0.39 is 0 Å². The van der Waals surface area contributed by atoms with E-state index in [2.05, 4.69) is 22.1 Å². The van der Waals surface area contributed by atoms with E-state index in [9.17, 15) is 9.90 Å². The van der Waals surface area contributed by atoms with Crippen molar-refractivity contribution in [1.82, 2.24) is 9.88 Å². The summed E-state index contributed by atoms with van der Waals surface area (Å²) in [6, 6.07) is 14.6. The summed E-state index contributed by atoms with van der Waals surface area (Å²) in [5, 5.41) is 15.5. The Balaban J connectivity index is 1.45. The number of rotatable bonds is 6. The fourth-order valence-corrected chi connectivity index (χ4v) is 4.94. The van der Waals surface area contributed by atoms with Gasteiger partial charge in [-0.2, -0.15) is 0 Å². The molecule has 0 unspecified atom stereocenters. The molecule has 156 valence electrons. The molecular formula is C24H27N3O2S. The lowest BCUT2D eigenvalue weighted by atomic mass is 9.97. The number of nitrogens with one attached hydrogen (secondary N) is 1. The third kappa shape index (κ3) is 4.71. The van der Waals surface area contributed by atoms with Crippen LogP contribution in [0.5, 0.6) is 5.75 Å². The third-order valence-corrected chi connectivity index (χ3v) is 6.59. The van der Waals surface area contributed by atoms with Crippen LogP contribution < -0.4 is 5.32 Å². The van der Waals surface area contributed by atoms with E-state index in [4.69, 9.17) is 0 Å². The lowest BCUT2D eigenvalue weighted by Crippen LogP contribution is -2.33. The van der Waals surface area contributed by atoms with Gasteiger partial charge in [0.1, 0.15) is 11.4 Å². The highest BCUT2D eigenvalue weighted by Crippen LogP contribution is 2.32. The molecule has 0 atom stereocenters. The quantitative estimate of drug-likeness (QED) is 0.562. The molecular weight excluding hydrogens is 394 g/mol. The van der Waals surface area contributed by atoms with Gasteiger partial charge >= 0.3 is 0 Å². The van der Waals surface area contributed by atoms with Crippen molar-refractivity contribution < 1.29 is 9.90 Å². The minimum absolute atomic E-state index is 0.188. The molecule has 0 aliphatic carbocycles. The summed E-state index contributed by atoms with van der Waals surface area (Å²) in [5.74, 6) is 0.483. The van der Waals surface area contributed by atoms with Crippen molar-refractivity contribution in [3.8, 4) is 16.9 Å². The molecule has 0 saturated carbocycles. The number of phenolic OH excluding ortho intramolecular Hbond substituents is 1. The highest BCUT2D eigenvalue weighted by molar-refractivity contribution is 7.10. The largest absolute Gasteiger partial charge is 0.508 e. The van der Waals surface area contributed by atoms with Gasteiger partial charge in [-0.05, 0) is 62.7 Å². The maximum absolute atomic E-state index is 12.9. The van der Waals surface area contributed by atoms with E-state index in [0.717, 1.165) is 47.8 Å². The van der Waals surface area contributed by atoms with Crippen LogP contribution >= 0.6 is 11.3 Å². The van der Waals surface area contributed by atoms with Gasteiger partial charge in [0.25, 0.3) is 5.91 Å². The van der Waals surface area contributed by atoms with Gasteiger partial charge < -0.3 is 15.3 Å². The molecule has 2 aromatic carbocycles. The Labute approximate surface area is 181 Å². The van der Waals surface area contributed by atoms with E-state index >= 15 is 0 Å². The highest BCUT2D eigenvalue weighted by Gasteiger charge is 2.23. The van der Waals surface area contributed by atoms with Crippen molar-refractivity contribution in [1.29, 1.82) is 0 Å². The lowest BCUT2D eigenvalue weighted by Gasteiger charge is -2.30. The van der Waals surface area contributed by atoms with Crippen LogP contribution in [-0.2, 0) is 0 Å². The van der Waals surface area contributed by atoms with Crippen molar-refractivity contribution in [3.63, 3.8) is 0 Å². The maximum atomic E-state index is 12.9. The summed E-state index contributed by atoms with van der Waals surface area (Å²) >= 11 is 1.59. The number of thiazole rings is 1. The van der Waals surface area contributed by atoms with Crippen molar-refractivity contribution >= 4 is 22.9 Å². The topological polar surface area (TPSA) is 65.5 Å². The van der Waals surface area contributed by atoms with Crippen LogP contribution in [0, 0.1) is 0 Å². The summed E-state index contributed by atoms with van der Waals surface area (Å²) in [6.45, 7) is 5.61. The zero-order chi connectivity index (χ0) is 20.9. The van der Waals surface area contributed by atoms with Gasteiger partial charge in [-0.15, -0.1) is 11.3 Å². The number of benzene rings is 2. The molecule has 6 heteroatoms. The van der Waals surface area contributed by atoms with E-state index in [1.165, 1.54) is 13.0 Å². The first-order chi connectivity index (χ1) is 14.6. The molecule has 1 fully saturated rings. The first kappa shape index (κ1) is 20.6. The van der Waals surface area contributed by atoms with Crippen molar-refractivity contribution in [3.05, 3.63) is 64.6 Å². The molecule has 3 aromatic rings.